The normalized spacial score (nSPS) is 27.3. The Morgan fingerprint density at radius 3 is 2.48 bits per heavy atom. The molecular weight excluding hydrogens is 291 g/mol. The molecule has 4 heteroatoms. The summed E-state index contributed by atoms with van der Waals surface area (Å²) < 4.78 is 13.2. The van der Waals surface area contributed by atoms with Crippen LogP contribution in [-0.2, 0) is 10.2 Å². The van der Waals surface area contributed by atoms with Crippen LogP contribution >= 0.6 is 0 Å². The molecule has 3 nitrogen and oxygen atoms in total. The van der Waals surface area contributed by atoms with E-state index in [0.29, 0.717) is 6.54 Å². The number of benzene rings is 1. The lowest BCUT2D eigenvalue weighted by molar-refractivity contribution is -0.123. The number of nitrogens with one attached hydrogen (secondary N) is 2. The van der Waals surface area contributed by atoms with Gasteiger partial charge in [-0.25, -0.2) is 4.39 Å². The van der Waals surface area contributed by atoms with Crippen molar-refractivity contribution in [3.8, 4) is 0 Å². The molecule has 124 valence electrons. The van der Waals surface area contributed by atoms with Gasteiger partial charge in [0, 0.05) is 17.9 Å². The van der Waals surface area contributed by atoms with Crippen LogP contribution < -0.4 is 10.6 Å². The summed E-state index contributed by atoms with van der Waals surface area (Å²) in [5.41, 5.74) is 1.48. The van der Waals surface area contributed by atoms with Gasteiger partial charge < -0.3 is 10.6 Å². The Kier molecular flexibility index (Phi) is 3.67. The zero-order valence-electron chi connectivity index (χ0n) is 13.5. The zero-order chi connectivity index (χ0) is 15.9. The third-order valence-electron chi connectivity index (χ3n) is 6.47. The Balaban J connectivity index is 1.38. The van der Waals surface area contributed by atoms with Gasteiger partial charge >= 0.3 is 0 Å². The fourth-order valence-electron chi connectivity index (χ4n) is 4.55. The van der Waals surface area contributed by atoms with Crippen LogP contribution in [0, 0.1) is 17.2 Å². The molecule has 0 bridgehead atoms. The van der Waals surface area contributed by atoms with Gasteiger partial charge in [-0.05, 0) is 68.3 Å². The van der Waals surface area contributed by atoms with Crippen LogP contribution in [0.4, 0.5) is 4.39 Å². The molecule has 1 unspecified atom stereocenters. The molecule has 3 fully saturated rings. The maximum absolute atomic E-state index is 13.2. The Bertz CT molecular complexity index is 588. The van der Waals surface area contributed by atoms with E-state index >= 15 is 0 Å². The Morgan fingerprint density at radius 2 is 1.87 bits per heavy atom. The van der Waals surface area contributed by atoms with Crippen LogP contribution in [0.15, 0.2) is 24.3 Å². The van der Waals surface area contributed by atoms with E-state index in [1.807, 2.05) is 12.1 Å². The highest BCUT2D eigenvalue weighted by Gasteiger charge is 2.57. The first kappa shape index (κ1) is 15.1. The minimum atomic E-state index is -0.196. The quantitative estimate of drug-likeness (QED) is 0.897. The molecule has 1 aromatic rings. The van der Waals surface area contributed by atoms with Crippen molar-refractivity contribution in [2.45, 2.75) is 43.9 Å². The van der Waals surface area contributed by atoms with Gasteiger partial charge in [-0.15, -0.1) is 0 Å². The average Bonchev–Trinajstić information content (AvgIpc) is 3.21. The van der Waals surface area contributed by atoms with Gasteiger partial charge in [-0.3, -0.25) is 4.79 Å². The smallest absolute Gasteiger partial charge is 0.223 e. The highest BCUT2D eigenvalue weighted by Crippen LogP contribution is 2.58. The summed E-state index contributed by atoms with van der Waals surface area (Å²) in [7, 11) is 0. The number of carbonyl (C=O) groups excluding carboxylic acids is 1. The number of carbonyl (C=O) groups is 1. The standard InChI is InChI=1S/C19H25FN2O/c20-15-4-2-14(3-5-15)19(6-1-7-19)13-22-17(23)16-12-18(16)8-10-21-11-9-18/h2-5,16,21H,1,6-13H2,(H,22,23). The number of halogens is 1. The fraction of sp³-hybridized carbons (Fsp3) is 0.632. The van der Waals surface area contributed by atoms with Crippen LogP contribution in [0.1, 0.15) is 44.1 Å². The number of amides is 1. The molecule has 1 amide bonds. The summed E-state index contributed by atoms with van der Waals surface area (Å²) in [6.45, 7) is 2.79. The van der Waals surface area contributed by atoms with Gasteiger partial charge in [0.25, 0.3) is 0 Å². The summed E-state index contributed by atoms with van der Waals surface area (Å²) >= 11 is 0. The summed E-state index contributed by atoms with van der Waals surface area (Å²) in [6.07, 6.45) is 6.68. The SMILES string of the molecule is O=C(NCC1(c2ccc(F)cc2)CCC1)C1CC12CCNCC2. The molecular formula is C19H25FN2O. The third kappa shape index (κ3) is 2.67. The van der Waals surface area contributed by atoms with Gasteiger partial charge in [0.15, 0.2) is 0 Å². The number of hydrogen-bond donors (Lipinski definition) is 2. The molecule has 0 radical (unpaired) electrons. The molecule has 3 aliphatic rings. The Labute approximate surface area is 137 Å². The van der Waals surface area contributed by atoms with E-state index in [-0.39, 0.29) is 28.5 Å². The second-order valence-electron chi connectivity index (χ2n) is 7.73. The van der Waals surface area contributed by atoms with Gasteiger partial charge in [0.1, 0.15) is 5.82 Å². The van der Waals surface area contributed by atoms with Crippen molar-refractivity contribution < 1.29 is 9.18 Å². The predicted molar refractivity (Wildman–Crippen MR) is 87.6 cm³/mol. The van der Waals surface area contributed by atoms with Gasteiger partial charge in [-0.1, -0.05) is 18.6 Å². The van der Waals surface area contributed by atoms with Gasteiger partial charge in [0.05, 0.1) is 0 Å². The molecule has 1 aromatic carbocycles. The van der Waals surface area contributed by atoms with Gasteiger partial charge in [-0.2, -0.15) is 0 Å². The number of rotatable bonds is 4. The van der Waals surface area contributed by atoms with E-state index in [1.165, 1.54) is 18.6 Å². The second-order valence-corrected chi connectivity index (χ2v) is 7.73. The van der Waals surface area contributed by atoms with E-state index in [4.69, 9.17) is 0 Å². The first-order valence-corrected chi connectivity index (χ1v) is 8.88. The maximum atomic E-state index is 13.2. The van der Waals surface area contributed by atoms with E-state index in [9.17, 15) is 9.18 Å². The highest BCUT2D eigenvalue weighted by molar-refractivity contribution is 5.82. The van der Waals surface area contributed by atoms with E-state index in [2.05, 4.69) is 10.6 Å². The van der Waals surface area contributed by atoms with Crippen molar-refractivity contribution in [2.75, 3.05) is 19.6 Å². The molecule has 1 heterocycles. The largest absolute Gasteiger partial charge is 0.355 e. The van der Waals surface area contributed by atoms with Crippen molar-refractivity contribution in [3.05, 3.63) is 35.6 Å². The minimum absolute atomic E-state index is 0.0273. The summed E-state index contributed by atoms with van der Waals surface area (Å²) in [5.74, 6) is 0.258. The maximum Gasteiger partial charge on any atom is 0.223 e. The van der Waals surface area contributed by atoms with Crippen molar-refractivity contribution in [3.63, 3.8) is 0 Å². The monoisotopic (exact) mass is 316 g/mol. The topological polar surface area (TPSA) is 41.1 Å². The molecule has 2 N–H and O–H groups in total. The van der Waals surface area contributed by atoms with Crippen molar-refractivity contribution in [1.82, 2.24) is 10.6 Å². The lowest BCUT2D eigenvalue weighted by Gasteiger charge is -2.42. The summed E-state index contributed by atoms with van der Waals surface area (Å²) in [4.78, 5) is 12.6. The van der Waals surface area contributed by atoms with Crippen molar-refractivity contribution >= 4 is 5.91 Å². The summed E-state index contributed by atoms with van der Waals surface area (Å²) in [5, 5.41) is 6.60. The minimum Gasteiger partial charge on any atom is -0.355 e. The van der Waals surface area contributed by atoms with Crippen LogP contribution in [-0.4, -0.2) is 25.5 Å². The predicted octanol–water partition coefficient (Wildman–Crippen LogP) is 2.75. The van der Waals surface area contributed by atoms with Crippen molar-refractivity contribution in [2.24, 2.45) is 11.3 Å². The highest BCUT2D eigenvalue weighted by atomic mass is 19.1. The molecule has 0 aromatic heterocycles. The molecule has 2 saturated carbocycles. The summed E-state index contributed by atoms with van der Waals surface area (Å²) in [6, 6.07) is 6.82. The third-order valence-corrected chi connectivity index (χ3v) is 6.47. The van der Waals surface area contributed by atoms with E-state index in [1.54, 1.807) is 0 Å². The van der Waals surface area contributed by atoms with Crippen molar-refractivity contribution in [1.29, 1.82) is 0 Å². The zero-order valence-corrected chi connectivity index (χ0v) is 13.5. The molecule has 1 aliphatic heterocycles. The van der Waals surface area contributed by atoms with Crippen LogP contribution in [0.5, 0.6) is 0 Å². The molecule has 2 aliphatic carbocycles. The average molecular weight is 316 g/mol. The Morgan fingerprint density at radius 1 is 1.17 bits per heavy atom. The van der Waals surface area contributed by atoms with Crippen LogP contribution in [0.25, 0.3) is 0 Å². The van der Waals surface area contributed by atoms with Crippen LogP contribution in [0.2, 0.25) is 0 Å². The molecule has 1 saturated heterocycles. The number of hydrogen-bond acceptors (Lipinski definition) is 2. The van der Waals surface area contributed by atoms with E-state index in [0.717, 1.165) is 50.8 Å². The molecule has 1 spiro atoms. The fourth-order valence-corrected chi connectivity index (χ4v) is 4.55. The lowest BCUT2D eigenvalue weighted by Crippen LogP contribution is -2.46. The molecule has 23 heavy (non-hydrogen) atoms. The first-order chi connectivity index (χ1) is 11.1. The molecule has 1 atom stereocenters. The first-order valence-electron chi connectivity index (χ1n) is 8.88. The Hall–Kier alpha value is -1.42. The van der Waals surface area contributed by atoms with Crippen LogP contribution in [0.3, 0.4) is 0 Å². The number of piperidine rings is 1. The van der Waals surface area contributed by atoms with E-state index < -0.39 is 0 Å². The second kappa shape index (κ2) is 5.59. The molecule has 4 rings (SSSR count). The lowest BCUT2D eigenvalue weighted by atomic mass is 9.64. The van der Waals surface area contributed by atoms with Gasteiger partial charge in [0.2, 0.25) is 5.91 Å².